The Labute approximate surface area is 222 Å². The van der Waals surface area contributed by atoms with Crippen LogP contribution >= 0.6 is 31.9 Å². The smallest absolute Gasteiger partial charge is 0.335 e. The van der Waals surface area contributed by atoms with Crippen molar-refractivity contribution in [1.82, 2.24) is 5.32 Å². The Balaban J connectivity index is 1.53. The van der Waals surface area contributed by atoms with Gasteiger partial charge in [0.25, 0.3) is 17.5 Å². The largest absolute Gasteiger partial charge is 0.488 e. The number of nitro groups is 1. The molecule has 9 nitrogen and oxygen atoms in total. The van der Waals surface area contributed by atoms with Gasteiger partial charge in [-0.2, -0.15) is 0 Å². The number of nitrogens with zero attached hydrogens (tertiary/aromatic N) is 2. The fourth-order valence-corrected chi connectivity index (χ4v) is 4.18. The van der Waals surface area contributed by atoms with Crippen LogP contribution in [0.15, 0.2) is 75.2 Å². The van der Waals surface area contributed by atoms with Crippen LogP contribution in [0, 0.1) is 17.0 Å². The van der Waals surface area contributed by atoms with E-state index in [1.807, 2.05) is 6.92 Å². The molecule has 0 bridgehead atoms. The molecule has 4 amide bonds. The lowest BCUT2D eigenvalue weighted by atomic mass is 10.1. The topological polar surface area (TPSA) is 119 Å². The van der Waals surface area contributed by atoms with Gasteiger partial charge in [-0.15, -0.1) is 0 Å². The summed E-state index contributed by atoms with van der Waals surface area (Å²) in [4.78, 5) is 49.2. The van der Waals surface area contributed by atoms with Gasteiger partial charge in [-0.25, -0.2) is 9.69 Å². The van der Waals surface area contributed by atoms with E-state index in [0.29, 0.717) is 21.5 Å². The van der Waals surface area contributed by atoms with Crippen LogP contribution in [0.3, 0.4) is 0 Å². The summed E-state index contributed by atoms with van der Waals surface area (Å²) in [6.07, 6.45) is 1.40. The van der Waals surface area contributed by atoms with Crippen molar-refractivity contribution in [3.63, 3.8) is 0 Å². The number of anilines is 1. The lowest BCUT2D eigenvalue weighted by Crippen LogP contribution is -2.54. The quantitative estimate of drug-likeness (QED) is 0.165. The summed E-state index contributed by atoms with van der Waals surface area (Å²) in [5, 5.41) is 13.0. The second kappa shape index (κ2) is 10.4. The summed E-state index contributed by atoms with van der Waals surface area (Å²) in [7, 11) is 0. The Kier molecular flexibility index (Phi) is 7.32. The summed E-state index contributed by atoms with van der Waals surface area (Å²) in [6.45, 7) is 2.01. The fraction of sp³-hybridized carbons (Fsp3) is 0.0800. The molecule has 1 fully saturated rings. The fourth-order valence-electron chi connectivity index (χ4n) is 3.43. The normalized spacial score (nSPS) is 14.7. The van der Waals surface area contributed by atoms with Crippen LogP contribution < -0.4 is 15.0 Å². The van der Waals surface area contributed by atoms with Gasteiger partial charge >= 0.3 is 6.03 Å². The monoisotopic (exact) mass is 613 g/mol. The van der Waals surface area contributed by atoms with Gasteiger partial charge in [0, 0.05) is 16.6 Å². The van der Waals surface area contributed by atoms with Gasteiger partial charge in [-0.3, -0.25) is 25.0 Å². The molecule has 3 aromatic rings. The Hall–Kier alpha value is -3.83. The van der Waals surface area contributed by atoms with Crippen LogP contribution in [0.2, 0.25) is 0 Å². The number of nitrogens with one attached hydrogen (secondary N) is 1. The van der Waals surface area contributed by atoms with Crippen molar-refractivity contribution in [1.29, 1.82) is 0 Å². The van der Waals surface area contributed by atoms with E-state index < -0.39 is 22.8 Å². The minimum atomic E-state index is -0.819. The van der Waals surface area contributed by atoms with Crippen molar-refractivity contribution in [3.05, 3.63) is 102 Å². The summed E-state index contributed by atoms with van der Waals surface area (Å²) in [5.74, 6) is -1.03. The molecule has 1 heterocycles. The van der Waals surface area contributed by atoms with Crippen LogP contribution in [0.5, 0.6) is 5.75 Å². The number of urea groups is 1. The molecule has 1 aliphatic heterocycles. The first-order valence-corrected chi connectivity index (χ1v) is 12.1. The zero-order chi connectivity index (χ0) is 26.0. The number of rotatable bonds is 6. The van der Waals surface area contributed by atoms with Crippen molar-refractivity contribution in [3.8, 4) is 5.75 Å². The van der Waals surface area contributed by atoms with E-state index in [2.05, 4.69) is 37.2 Å². The number of benzene rings is 3. The number of hydrogen-bond acceptors (Lipinski definition) is 6. The number of non-ortho nitro benzene ring substituents is 1. The Morgan fingerprint density at radius 2 is 1.72 bits per heavy atom. The number of barbiturate groups is 1. The maximum atomic E-state index is 13.1. The average Bonchev–Trinajstić information content (AvgIpc) is 2.83. The van der Waals surface area contributed by atoms with Gasteiger partial charge in [0.05, 0.1) is 15.1 Å². The third kappa shape index (κ3) is 5.37. The second-order valence-corrected chi connectivity index (χ2v) is 9.50. The highest BCUT2D eigenvalue weighted by Gasteiger charge is 2.37. The van der Waals surface area contributed by atoms with Gasteiger partial charge < -0.3 is 4.74 Å². The van der Waals surface area contributed by atoms with Crippen LogP contribution in [-0.2, 0) is 16.2 Å². The van der Waals surface area contributed by atoms with Crippen molar-refractivity contribution in [2.75, 3.05) is 4.90 Å². The predicted molar refractivity (Wildman–Crippen MR) is 139 cm³/mol. The van der Waals surface area contributed by atoms with Crippen LogP contribution in [-0.4, -0.2) is 22.8 Å². The first kappa shape index (κ1) is 25.3. The minimum absolute atomic E-state index is 0.00541. The second-order valence-electron chi connectivity index (χ2n) is 7.79. The van der Waals surface area contributed by atoms with Crippen molar-refractivity contribution in [2.24, 2.45) is 0 Å². The van der Waals surface area contributed by atoms with Crippen molar-refractivity contribution < 1.29 is 24.0 Å². The zero-order valence-electron chi connectivity index (χ0n) is 18.7. The summed E-state index contributed by atoms with van der Waals surface area (Å²) >= 11 is 6.81. The van der Waals surface area contributed by atoms with E-state index in [0.717, 1.165) is 20.5 Å². The molecule has 11 heteroatoms. The lowest BCUT2D eigenvalue weighted by molar-refractivity contribution is -0.384. The van der Waals surface area contributed by atoms with E-state index >= 15 is 0 Å². The molecule has 4 rings (SSSR count). The SMILES string of the molecule is Cc1cc(N2C(=O)NC(=O)/C(=C\c3ccc(OCc4ccc([N+](=O)[O-])cc4)c(Br)c3)C2=O)ccc1Br. The number of amides is 4. The number of aryl methyl sites for hydroxylation is 1. The van der Waals surface area contributed by atoms with E-state index in [4.69, 9.17) is 4.74 Å². The highest BCUT2D eigenvalue weighted by molar-refractivity contribution is 9.10. The summed E-state index contributed by atoms with van der Waals surface area (Å²) in [5.41, 5.74) is 2.24. The number of halogens is 2. The number of ether oxygens (including phenoxy) is 1. The summed E-state index contributed by atoms with van der Waals surface area (Å²) < 4.78 is 7.17. The standard InChI is InChI=1S/C25H17Br2N3O6/c1-14-10-18(7-8-20(14)26)29-24(32)19(23(31)28-25(29)33)11-16-4-9-22(21(27)12-16)36-13-15-2-5-17(6-3-15)30(34)35/h2-12H,13H2,1H3,(H,28,31,33)/b19-11+. The van der Waals surface area contributed by atoms with Gasteiger partial charge in [0.2, 0.25) is 0 Å². The molecule has 0 spiro atoms. The Bertz CT molecular complexity index is 1440. The molecule has 0 saturated carbocycles. The molecule has 0 unspecified atom stereocenters. The minimum Gasteiger partial charge on any atom is -0.488 e. The van der Waals surface area contributed by atoms with Crippen LogP contribution in [0.1, 0.15) is 16.7 Å². The van der Waals surface area contributed by atoms with Crippen LogP contribution in [0.4, 0.5) is 16.2 Å². The number of carbonyl (C=O) groups excluding carboxylic acids is 3. The zero-order valence-corrected chi connectivity index (χ0v) is 21.8. The van der Waals surface area contributed by atoms with Crippen LogP contribution in [0.25, 0.3) is 6.08 Å². The maximum Gasteiger partial charge on any atom is 0.335 e. The van der Waals surface area contributed by atoms with E-state index in [9.17, 15) is 24.5 Å². The Morgan fingerprint density at radius 1 is 1.00 bits per heavy atom. The Morgan fingerprint density at radius 3 is 2.36 bits per heavy atom. The number of imide groups is 2. The molecule has 0 aromatic heterocycles. The summed E-state index contributed by atoms with van der Waals surface area (Å²) in [6, 6.07) is 15.2. The molecular weight excluding hydrogens is 598 g/mol. The molecule has 36 heavy (non-hydrogen) atoms. The molecule has 0 aliphatic carbocycles. The average molecular weight is 615 g/mol. The maximum absolute atomic E-state index is 13.1. The van der Waals surface area contributed by atoms with Gasteiger partial charge in [0.15, 0.2) is 0 Å². The van der Waals surface area contributed by atoms with Crippen molar-refractivity contribution >= 4 is 67.2 Å². The van der Waals surface area contributed by atoms with Crippen molar-refractivity contribution in [2.45, 2.75) is 13.5 Å². The number of nitro benzene ring substituents is 1. The third-order valence-corrected chi connectivity index (χ3v) is 6.82. The molecule has 0 atom stereocenters. The highest BCUT2D eigenvalue weighted by Crippen LogP contribution is 2.30. The van der Waals surface area contributed by atoms with E-state index in [-0.39, 0.29) is 17.9 Å². The van der Waals surface area contributed by atoms with E-state index in [1.54, 1.807) is 48.5 Å². The predicted octanol–water partition coefficient (Wildman–Crippen LogP) is 5.67. The first-order valence-electron chi connectivity index (χ1n) is 10.5. The molecule has 0 radical (unpaired) electrons. The third-order valence-electron chi connectivity index (χ3n) is 5.31. The molecule has 1 aliphatic rings. The van der Waals surface area contributed by atoms with Gasteiger partial charge in [-0.1, -0.05) is 22.0 Å². The van der Waals surface area contributed by atoms with Gasteiger partial charge in [0.1, 0.15) is 17.9 Å². The molecule has 1 N–H and O–H groups in total. The lowest BCUT2D eigenvalue weighted by Gasteiger charge is -2.26. The molecule has 3 aromatic carbocycles. The first-order chi connectivity index (χ1) is 17.1. The number of hydrogen-bond donors (Lipinski definition) is 1. The molecule has 182 valence electrons. The van der Waals surface area contributed by atoms with Gasteiger partial charge in [-0.05, 0) is 88.1 Å². The highest BCUT2D eigenvalue weighted by atomic mass is 79.9. The van der Waals surface area contributed by atoms with E-state index in [1.165, 1.54) is 18.2 Å². The number of carbonyl (C=O) groups is 3. The molecule has 1 saturated heterocycles. The molecular formula is C25H17Br2N3O6.